The highest BCUT2D eigenvalue weighted by Gasteiger charge is 2.32. The highest BCUT2D eigenvalue weighted by Crippen LogP contribution is 2.35. The van der Waals surface area contributed by atoms with Crippen LogP contribution in [0.1, 0.15) is 58.3 Å². The van der Waals surface area contributed by atoms with Crippen LogP contribution in [-0.2, 0) is 0 Å². The Bertz CT molecular complexity index is 303. The SMILES string of the molecule is CC(N)(C#N)CCCN1CCCC2CCCCC21. The van der Waals surface area contributed by atoms with Crippen LogP contribution in [0.25, 0.3) is 0 Å². The van der Waals surface area contributed by atoms with Crippen molar-refractivity contribution in [3.8, 4) is 6.07 Å². The lowest BCUT2D eigenvalue weighted by Gasteiger charge is -2.44. The summed E-state index contributed by atoms with van der Waals surface area (Å²) in [5.74, 6) is 0.952. The molecule has 2 aliphatic rings. The zero-order valence-corrected chi connectivity index (χ0v) is 11.7. The average molecular weight is 249 g/mol. The number of rotatable bonds is 4. The molecule has 1 aliphatic heterocycles. The molecule has 0 spiro atoms. The number of nitrogens with zero attached hydrogens (tertiary/aromatic N) is 2. The van der Waals surface area contributed by atoms with Gasteiger partial charge in [-0.15, -0.1) is 0 Å². The van der Waals surface area contributed by atoms with E-state index >= 15 is 0 Å². The van der Waals surface area contributed by atoms with Crippen molar-refractivity contribution in [1.82, 2.24) is 4.90 Å². The maximum Gasteiger partial charge on any atom is 0.101 e. The number of likely N-dealkylation sites (tertiary alicyclic amines) is 1. The Morgan fingerprint density at radius 2 is 2.00 bits per heavy atom. The topological polar surface area (TPSA) is 53.1 Å². The van der Waals surface area contributed by atoms with Gasteiger partial charge in [0.25, 0.3) is 0 Å². The Hall–Kier alpha value is -0.590. The van der Waals surface area contributed by atoms with E-state index < -0.39 is 5.54 Å². The lowest BCUT2D eigenvalue weighted by Crippen LogP contribution is -2.47. The van der Waals surface area contributed by atoms with Crippen molar-refractivity contribution in [1.29, 1.82) is 5.26 Å². The third kappa shape index (κ3) is 3.46. The highest BCUT2D eigenvalue weighted by molar-refractivity contribution is 5.00. The molecule has 0 radical (unpaired) electrons. The van der Waals surface area contributed by atoms with Crippen molar-refractivity contribution in [2.75, 3.05) is 13.1 Å². The third-order valence-corrected chi connectivity index (χ3v) is 4.76. The van der Waals surface area contributed by atoms with Gasteiger partial charge in [0.2, 0.25) is 0 Å². The Morgan fingerprint density at radius 1 is 1.28 bits per heavy atom. The lowest BCUT2D eigenvalue weighted by atomic mass is 9.78. The molecule has 18 heavy (non-hydrogen) atoms. The summed E-state index contributed by atoms with van der Waals surface area (Å²) in [6.07, 6.45) is 10.3. The van der Waals surface area contributed by atoms with Gasteiger partial charge in [-0.2, -0.15) is 5.26 Å². The average Bonchev–Trinajstić information content (AvgIpc) is 2.39. The van der Waals surface area contributed by atoms with E-state index in [1.165, 1.54) is 45.1 Å². The molecule has 3 heteroatoms. The summed E-state index contributed by atoms with van der Waals surface area (Å²) in [5, 5.41) is 8.93. The number of hydrogen-bond donors (Lipinski definition) is 1. The van der Waals surface area contributed by atoms with Crippen LogP contribution in [0.4, 0.5) is 0 Å². The van der Waals surface area contributed by atoms with E-state index in [9.17, 15) is 0 Å². The van der Waals surface area contributed by atoms with E-state index in [0.29, 0.717) is 0 Å². The maximum atomic E-state index is 8.93. The molecule has 3 nitrogen and oxygen atoms in total. The molecule has 1 heterocycles. The van der Waals surface area contributed by atoms with Gasteiger partial charge in [-0.1, -0.05) is 12.8 Å². The fourth-order valence-electron chi connectivity index (χ4n) is 3.71. The van der Waals surface area contributed by atoms with Crippen LogP contribution in [0, 0.1) is 17.2 Å². The Labute approximate surface area is 111 Å². The standard InChI is InChI=1S/C15H27N3/c1-15(17,12-16)9-5-11-18-10-4-7-13-6-2-3-8-14(13)18/h13-14H,2-11,17H2,1H3. The summed E-state index contributed by atoms with van der Waals surface area (Å²) in [6, 6.07) is 3.03. The number of piperidine rings is 1. The van der Waals surface area contributed by atoms with Gasteiger partial charge in [0.15, 0.2) is 0 Å². The first-order valence-corrected chi connectivity index (χ1v) is 7.56. The second-order valence-electron chi connectivity index (χ2n) is 6.42. The molecular formula is C15H27N3. The molecule has 1 saturated heterocycles. The normalized spacial score (nSPS) is 32.3. The van der Waals surface area contributed by atoms with Gasteiger partial charge in [0, 0.05) is 6.04 Å². The number of nitriles is 1. The molecule has 0 aromatic rings. The molecule has 1 saturated carbocycles. The van der Waals surface area contributed by atoms with Crippen LogP contribution in [0.15, 0.2) is 0 Å². The van der Waals surface area contributed by atoms with Gasteiger partial charge in [0.1, 0.15) is 5.54 Å². The van der Waals surface area contributed by atoms with Crippen LogP contribution in [-0.4, -0.2) is 29.6 Å². The van der Waals surface area contributed by atoms with E-state index in [1.54, 1.807) is 0 Å². The first-order valence-electron chi connectivity index (χ1n) is 7.56. The zero-order chi connectivity index (χ0) is 13.0. The minimum Gasteiger partial charge on any atom is -0.314 e. The van der Waals surface area contributed by atoms with Crippen LogP contribution in [0.2, 0.25) is 0 Å². The molecule has 0 bridgehead atoms. The van der Waals surface area contributed by atoms with E-state index in [4.69, 9.17) is 11.0 Å². The first-order chi connectivity index (χ1) is 8.62. The van der Waals surface area contributed by atoms with Crippen molar-refractivity contribution < 1.29 is 0 Å². The lowest BCUT2D eigenvalue weighted by molar-refractivity contribution is 0.0589. The minimum atomic E-state index is -0.637. The molecule has 1 aliphatic carbocycles. The highest BCUT2D eigenvalue weighted by atomic mass is 15.2. The minimum absolute atomic E-state index is 0.637. The van der Waals surface area contributed by atoms with Crippen LogP contribution < -0.4 is 5.73 Å². The molecule has 3 unspecified atom stereocenters. The smallest absolute Gasteiger partial charge is 0.101 e. The molecule has 2 fully saturated rings. The van der Waals surface area contributed by atoms with E-state index in [2.05, 4.69) is 11.0 Å². The number of nitrogens with two attached hydrogens (primary N) is 1. The molecule has 0 aromatic carbocycles. The molecule has 3 atom stereocenters. The summed E-state index contributed by atoms with van der Waals surface area (Å²) in [6.45, 7) is 4.23. The molecule has 102 valence electrons. The van der Waals surface area contributed by atoms with Gasteiger partial charge >= 0.3 is 0 Å². The van der Waals surface area contributed by atoms with Crippen LogP contribution in [0.3, 0.4) is 0 Å². The molecule has 2 rings (SSSR count). The predicted molar refractivity (Wildman–Crippen MR) is 74.0 cm³/mol. The van der Waals surface area contributed by atoms with E-state index in [1.807, 2.05) is 6.92 Å². The second-order valence-corrected chi connectivity index (χ2v) is 6.42. The van der Waals surface area contributed by atoms with Gasteiger partial charge in [-0.3, -0.25) is 0 Å². The number of fused-ring (bicyclic) bond motifs is 1. The molecule has 0 aromatic heterocycles. The van der Waals surface area contributed by atoms with Crippen molar-refractivity contribution >= 4 is 0 Å². The summed E-state index contributed by atoms with van der Waals surface area (Å²) >= 11 is 0. The summed E-state index contributed by atoms with van der Waals surface area (Å²) in [5.41, 5.74) is 5.25. The Balaban J connectivity index is 1.79. The van der Waals surface area contributed by atoms with Crippen LogP contribution >= 0.6 is 0 Å². The molecule has 2 N–H and O–H groups in total. The summed E-state index contributed by atoms with van der Waals surface area (Å²) in [4.78, 5) is 2.68. The quantitative estimate of drug-likeness (QED) is 0.833. The largest absolute Gasteiger partial charge is 0.314 e. The van der Waals surface area contributed by atoms with E-state index in [-0.39, 0.29) is 0 Å². The van der Waals surface area contributed by atoms with Crippen molar-refractivity contribution in [2.45, 2.75) is 69.9 Å². The van der Waals surface area contributed by atoms with Crippen molar-refractivity contribution in [2.24, 2.45) is 11.7 Å². The summed E-state index contributed by atoms with van der Waals surface area (Å²) in [7, 11) is 0. The molecular weight excluding hydrogens is 222 g/mol. The van der Waals surface area contributed by atoms with Gasteiger partial charge < -0.3 is 10.6 Å². The molecule has 0 amide bonds. The second kappa shape index (κ2) is 6.04. The first kappa shape index (κ1) is 13.8. The van der Waals surface area contributed by atoms with Crippen LogP contribution in [0.5, 0.6) is 0 Å². The van der Waals surface area contributed by atoms with Gasteiger partial charge in [-0.05, 0) is 64.5 Å². The summed E-state index contributed by atoms with van der Waals surface area (Å²) < 4.78 is 0. The van der Waals surface area contributed by atoms with Crippen molar-refractivity contribution in [3.05, 3.63) is 0 Å². The Kier molecular flexibility index (Phi) is 4.64. The third-order valence-electron chi connectivity index (χ3n) is 4.76. The maximum absolute atomic E-state index is 8.93. The van der Waals surface area contributed by atoms with Gasteiger partial charge in [0.05, 0.1) is 6.07 Å². The Morgan fingerprint density at radius 3 is 2.78 bits per heavy atom. The predicted octanol–water partition coefficient (Wildman–Crippen LogP) is 2.66. The fourth-order valence-corrected chi connectivity index (χ4v) is 3.71. The van der Waals surface area contributed by atoms with Crippen molar-refractivity contribution in [3.63, 3.8) is 0 Å². The van der Waals surface area contributed by atoms with E-state index in [0.717, 1.165) is 31.3 Å². The zero-order valence-electron chi connectivity index (χ0n) is 11.7. The fraction of sp³-hybridized carbons (Fsp3) is 0.933. The van der Waals surface area contributed by atoms with Gasteiger partial charge in [-0.25, -0.2) is 0 Å². The number of hydrogen-bond acceptors (Lipinski definition) is 3. The monoisotopic (exact) mass is 249 g/mol.